The van der Waals surface area contributed by atoms with Gasteiger partial charge in [0.05, 0.1) is 0 Å². The molecule has 0 aliphatic rings. The second-order valence-corrected chi connectivity index (χ2v) is 5.34. The number of aromatic nitrogens is 1. The van der Waals surface area contributed by atoms with Gasteiger partial charge in [0.25, 0.3) is 11.8 Å². The van der Waals surface area contributed by atoms with E-state index in [2.05, 4.69) is 20.4 Å². The summed E-state index contributed by atoms with van der Waals surface area (Å²) in [5.74, 6) is -1.46. The fourth-order valence-corrected chi connectivity index (χ4v) is 2.30. The Morgan fingerprint density at radius 3 is 2.77 bits per heavy atom. The van der Waals surface area contributed by atoms with Crippen molar-refractivity contribution in [3.63, 3.8) is 0 Å². The lowest BCUT2D eigenvalue weighted by Crippen LogP contribution is -2.25. The molecule has 0 fully saturated rings. The third kappa shape index (κ3) is 7.14. The van der Waals surface area contributed by atoms with Gasteiger partial charge in [0, 0.05) is 25.5 Å². The summed E-state index contributed by atoms with van der Waals surface area (Å²) in [5, 5.41) is 15.6. The van der Waals surface area contributed by atoms with Crippen LogP contribution in [0.3, 0.4) is 0 Å². The molecule has 22 heavy (non-hydrogen) atoms. The van der Waals surface area contributed by atoms with Crippen LogP contribution in [0.4, 0.5) is 5.13 Å². The summed E-state index contributed by atoms with van der Waals surface area (Å²) in [4.78, 5) is 37.5. The number of thiazole rings is 1. The Morgan fingerprint density at radius 2 is 2.09 bits per heavy atom. The molecule has 1 aromatic heterocycles. The number of nitrogens with one attached hydrogen (secondary N) is 2. The molecule has 3 N–H and O–H groups in total. The molecular weight excluding hydrogens is 310 g/mol. The van der Waals surface area contributed by atoms with Crippen LogP contribution in [0.15, 0.2) is 5.38 Å². The normalized spacial score (nSPS) is 10.2. The zero-order chi connectivity index (χ0) is 16.4. The van der Waals surface area contributed by atoms with Crippen LogP contribution >= 0.6 is 11.3 Å². The third-order valence-corrected chi connectivity index (χ3v) is 3.37. The first-order valence-electron chi connectivity index (χ1n) is 6.77. The number of methoxy groups -OCH3 is 1. The molecular formula is C13H19N3O5S. The highest BCUT2D eigenvalue weighted by Crippen LogP contribution is 2.15. The smallest absolute Gasteiger partial charge is 0.303 e. The number of carboxylic acid groups (broad SMARTS) is 1. The second kappa shape index (κ2) is 9.85. The lowest BCUT2D eigenvalue weighted by Gasteiger charge is -2.02. The van der Waals surface area contributed by atoms with E-state index in [0.717, 1.165) is 17.8 Å². The maximum atomic E-state index is 11.8. The van der Waals surface area contributed by atoms with Crippen LogP contribution in [-0.4, -0.2) is 48.1 Å². The molecule has 9 heteroatoms. The molecule has 0 aliphatic carbocycles. The number of amides is 2. The van der Waals surface area contributed by atoms with Crippen molar-refractivity contribution >= 4 is 34.3 Å². The van der Waals surface area contributed by atoms with E-state index in [4.69, 9.17) is 5.11 Å². The maximum Gasteiger partial charge on any atom is 0.303 e. The molecule has 0 unspecified atom stereocenters. The Labute approximate surface area is 131 Å². The lowest BCUT2D eigenvalue weighted by molar-refractivity contribution is -0.137. The van der Waals surface area contributed by atoms with Crippen LogP contribution in [0.5, 0.6) is 0 Å². The van der Waals surface area contributed by atoms with Gasteiger partial charge in [-0.25, -0.2) is 4.98 Å². The van der Waals surface area contributed by atoms with Crippen molar-refractivity contribution in [3.05, 3.63) is 11.1 Å². The van der Waals surface area contributed by atoms with E-state index in [1.807, 2.05) is 0 Å². The molecule has 122 valence electrons. The fraction of sp³-hybridized carbons (Fsp3) is 0.538. The molecule has 0 atom stereocenters. The fourth-order valence-electron chi connectivity index (χ4n) is 1.59. The lowest BCUT2D eigenvalue weighted by atomic mass is 10.2. The SMILES string of the molecule is COCC(=O)Nc1nc(C(=O)NCCCCCC(=O)O)cs1. The molecule has 0 radical (unpaired) electrons. The van der Waals surface area contributed by atoms with E-state index >= 15 is 0 Å². The van der Waals surface area contributed by atoms with Gasteiger partial charge in [-0.2, -0.15) is 0 Å². The minimum Gasteiger partial charge on any atom is -0.481 e. The number of hydrogen-bond donors (Lipinski definition) is 3. The number of ether oxygens (including phenoxy) is 1. The van der Waals surface area contributed by atoms with Gasteiger partial charge in [0.2, 0.25) is 0 Å². The van der Waals surface area contributed by atoms with Crippen molar-refractivity contribution in [1.82, 2.24) is 10.3 Å². The van der Waals surface area contributed by atoms with Gasteiger partial charge in [-0.3, -0.25) is 19.7 Å². The molecule has 0 aliphatic heterocycles. The zero-order valence-electron chi connectivity index (χ0n) is 12.3. The number of carbonyl (C=O) groups excluding carboxylic acids is 2. The molecule has 1 heterocycles. The molecule has 0 bridgehead atoms. The predicted octanol–water partition coefficient (Wildman–Crippen LogP) is 1.10. The largest absolute Gasteiger partial charge is 0.481 e. The van der Waals surface area contributed by atoms with E-state index in [9.17, 15) is 14.4 Å². The van der Waals surface area contributed by atoms with Crippen LogP contribution in [0.25, 0.3) is 0 Å². The number of rotatable bonds is 10. The molecule has 0 spiro atoms. The number of anilines is 1. The number of unbranched alkanes of at least 4 members (excludes halogenated alkanes) is 2. The van der Waals surface area contributed by atoms with Crippen LogP contribution < -0.4 is 10.6 Å². The summed E-state index contributed by atoms with van der Waals surface area (Å²) < 4.78 is 4.68. The summed E-state index contributed by atoms with van der Waals surface area (Å²) in [6.07, 6.45) is 2.19. The first kappa shape index (κ1) is 18.1. The van der Waals surface area contributed by atoms with E-state index in [0.29, 0.717) is 24.5 Å². The standard InChI is InChI=1S/C13H19N3O5S/c1-21-7-10(17)16-13-15-9(8-22-13)12(20)14-6-4-2-3-5-11(18)19/h8H,2-7H2,1H3,(H,14,20)(H,18,19)(H,15,16,17). The van der Waals surface area contributed by atoms with Crippen molar-refractivity contribution in [2.75, 3.05) is 25.6 Å². The quantitative estimate of drug-likeness (QED) is 0.553. The van der Waals surface area contributed by atoms with Crippen LogP contribution in [0, 0.1) is 0 Å². The molecule has 0 saturated carbocycles. The van der Waals surface area contributed by atoms with Gasteiger partial charge in [0.1, 0.15) is 12.3 Å². The van der Waals surface area contributed by atoms with Gasteiger partial charge >= 0.3 is 5.97 Å². The monoisotopic (exact) mass is 329 g/mol. The second-order valence-electron chi connectivity index (χ2n) is 4.48. The van der Waals surface area contributed by atoms with Crippen LogP contribution in [0.2, 0.25) is 0 Å². The van der Waals surface area contributed by atoms with Crippen LogP contribution in [-0.2, 0) is 14.3 Å². The Morgan fingerprint density at radius 1 is 1.32 bits per heavy atom. The van der Waals surface area contributed by atoms with E-state index in [1.54, 1.807) is 5.38 Å². The van der Waals surface area contributed by atoms with Crippen molar-refractivity contribution < 1.29 is 24.2 Å². The number of carbonyl (C=O) groups is 3. The Bertz CT molecular complexity index is 518. The zero-order valence-corrected chi connectivity index (χ0v) is 13.1. The van der Waals surface area contributed by atoms with Crippen molar-refractivity contribution in [3.8, 4) is 0 Å². The Hall–Kier alpha value is -2.00. The Kier molecular flexibility index (Phi) is 8.08. The van der Waals surface area contributed by atoms with Crippen molar-refractivity contribution in [1.29, 1.82) is 0 Å². The van der Waals surface area contributed by atoms with Gasteiger partial charge in [0.15, 0.2) is 5.13 Å². The average molecular weight is 329 g/mol. The number of aliphatic carboxylic acids is 1. The summed E-state index contributed by atoms with van der Waals surface area (Å²) >= 11 is 1.16. The molecule has 1 aromatic rings. The first-order chi connectivity index (χ1) is 10.5. The summed E-state index contributed by atoms with van der Waals surface area (Å²) in [6, 6.07) is 0. The van der Waals surface area contributed by atoms with Crippen molar-refractivity contribution in [2.45, 2.75) is 25.7 Å². The highest BCUT2D eigenvalue weighted by atomic mass is 32.1. The number of carboxylic acids is 1. The van der Waals surface area contributed by atoms with E-state index in [1.165, 1.54) is 7.11 Å². The van der Waals surface area contributed by atoms with Gasteiger partial charge in [-0.15, -0.1) is 11.3 Å². The predicted molar refractivity (Wildman–Crippen MR) is 81.1 cm³/mol. The first-order valence-corrected chi connectivity index (χ1v) is 7.65. The molecule has 8 nitrogen and oxygen atoms in total. The minimum absolute atomic E-state index is 0.0720. The third-order valence-electron chi connectivity index (χ3n) is 2.61. The maximum absolute atomic E-state index is 11.8. The highest BCUT2D eigenvalue weighted by Gasteiger charge is 2.11. The average Bonchev–Trinajstić information content (AvgIpc) is 2.90. The molecule has 1 rings (SSSR count). The number of hydrogen-bond acceptors (Lipinski definition) is 6. The summed E-state index contributed by atoms with van der Waals surface area (Å²) in [5.41, 5.74) is 0.239. The van der Waals surface area contributed by atoms with Crippen molar-refractivity contribution in [2.24, 2.45) is 0 Å². The van der Waals surface area contributed by atoms with Gasteiger partial charge in [-0.1, -0.05) is 6.42 Å². The van der Waals surface area contributed by atoms with Gasteiger partial charge < -0.3 is 15.2 Å². The molecule has 0 saturated heterocycles. The highest BCUT2D eigenvalue weighted by molar-refractivity contribution is 7.14. The summed E-state index contributed by atoms with van der Waals surface area (Å²) in [6.45, 7) is 0.388. The molecule has 2 amide bonds. The van der Waals surface area contributed by atoms with Crippen LogP contribution in [0.1, 0.15) is 36.2 Å². The Balaban J connectivity index is 2.27. The molecule has 0 aromatic carbocycles. The minimum atomic E-state index is -0.811. The van der Waals surface area contributed by atoms with Gasteiger partial charge in [-0.05, 0) is 12.8 Å². The van der Waals surface area contributed by atoms with E-state index in [-0.39, 0.29) is 30.5 Å². The van der Waals surface area contributed by atoms with E-state index < -0.39 is 5.97 Å². The summed E-state index contributed by atoms with van der Waals surface area (Å²) in [7, 11) is 1.41. The topological polar surface area (TPSA) is 118 Å². The number of nitrogens with zero attached hydrogens (tertiary/aromatic N) is 1.